The summed E-state index contributed by atoms with van der Waals surface area (Å²) in [6.45, 7) is 2.24. The molecule has 0 bridgehead atoms. The standard InChI is InChI=1S/C16H15N7O.3H2/c1-9-3-4-10-11(7-9)23-15(22-10)13-14(18)20-8-12(21-13)16(24)19-6-2-5-17;;;/h3-4,7-8H,2,6H2,1H3,(H2,18,20)(H,19,24)(H,22,23);3*1H. The highest BCUT2D eigenvalue weighted by atomic mass is 16.1. The van der Waals surface area contributed by atoms with Crippen LogP contribution in [-0.4, -0.2) is 32.4 Å². The number of benzene rings is 1. The monoisotopic (exact) mass is 327 g/mol. The smallest absolute Gasteiger partial charge is 0.271 e. The van der Waals surface area contributed by atoms with Crippen LogP contribution in [0.2, 0.25) is 0 Å². The summed E-state index contributed by atoms with van der Waals surface area (Å²) >= 11 is 0. The third kappa shape index (κ3) is 3.01. The number of nitrogens with zero attached hydrogens (tertiary/aromatic N) is 4. The van der Waals surface area contributed by atoms with Gasteiger partial charge in [-0.15, -0.1) is 0 Å². The maximum Gasteiger partial charge on any atom is 0.271 e. The molecule has 0 saturated heterocycles. The molecule has 24 heavy (non-hydrogen) atoms. The Hall–Kier alpha value is -3.47. The third-order valence-corrected chi connectivity index (χ3v) is 3.42. The summed E-state index contributed by atoms with van der Waals surface area (Å²) in [5.74, 6) is 0.220. The van der Waals surface area contributed by atoms with Crippen LogP contribution < -0.4 is 11.1 Å². The summed E-state index contributed by atoms with van der Waals surface area (Å²) < 4.78 is 0. The van der Waals surface area contributed by atoms with Crippen molar-refractivity contribution in [3.8, 4) is 17.6 Å². The van der Waals surface area contributed by atoms with E-state index in [1.165, 1.54) is 6.20 Å². The predicted octanol–water partition coefficient (Wildman–Crippen LogP) is 2.29. The Morgan fingerprint density at radius 1 is 1.46 bits per heavy atom. The third-order valence-electron chi connectivity index (χ3n) is 3.42. The minimum atomic E-state index is -0.411. The first-order chi connectivity index (χ1) is 11.6. The molecule has 0 atom stereocenters. The van der Waals surface area contributed by atoms with E-state index < -0.39 is 5.91 Å². The molecule has 1 aromatic carbocycles. The maximum atomic E-state index is 12.0. The van der Waals surface area contributed by atoms with Gasteiger partial charge in [-0.05, 0) is 24.6 Å². The van der Waals surface area contributed by atoms with Gasteiger partial charge in [-0.3, -0.25) is 4.79 Å². The van der Waals surface area contributed by atoms with Crippen molar-refractivity contribution in [2.24, 2.45) is 0 Å². The lowest BCUT2D eigenvalue weighted by Gasteiger charge is -2.05. The highest BCUT2D eigenvalue weighted by Gasteiger charge is 2.15. The number of hydrogen-bond acceptors (Lipinski definition) is 6. The Bertz CT molecular complexity index is 968. The molecule has 1 amide bonds. The number of hydrogen-bond donors (Lipinski definition) is 3. The Balaban J connectivity index is 0.00000225. The lowest BCUT2D eigenvalue weighted by molar-refractivity contribution is 0.0949. The van der Waals surface area contributed by atoms with Gasteiger partial charge in [-0.1, -0.05) is 6.07 Å². The van der Waals surface area contributed by atoms with Crippen molar-refractivity contribution < 1.29 is 9.07 Å². The summed E-state index contributed by atoms with van der Waals surface area (Å²) in [5.41, 5.74) is 9.06. The number of aryl methyl sites for hydroxylation is 1. The Morgan fingerprint density at radius 3 is 3.08 bits per heavy atom. The first kappa shape index (κ1) is 15.4. The molecule has 3 aromatic rings. The Kier molecular flexibility index (Phi) is 4.07. The molecule has 0 saturated carbocycles. The number of carbonyl (C=O) groups excluding carboxylic acids is 1. The molecule has 0 aliphatic rings. The molecule has 0 unspecified atom stereocenters. The molecule has 4 N–H and O–H groups in total. The Morgan fingerprint density at radius 2 is 2.29 bits per heavy atom. The minimum Gasteiger partial charge on any atom is -0.382 e. The van der Waals surface area contributed by atoms with Gasteiger partial charge in [0.25, 0.3) is 5.91 Å². The molecule has 0 aliphatic heterocycles. The molecule has 2 heterocycles. The number of nitrogen functional groups attached to an aromatic ring is 1. The van der Waals surface area contributed by atoms with Gasteiger partial charge in [0.15, 0.2) is 11.6 Å². The van der Waals surface area contributed by atoms with Gasteiger partial charge in [0.05, 0.1) is 29.7 Å². The number of H-pyrrole nitrogens is 1. The maximum absolute atomic E-state index is 12.0. The first-order valence-corrected chi connectivity index (χ1v) is 7.33. The largest absolute Gasteiger partial charge is 0.382 e. The predicted molar refractivity (Wildman–Crippen MR) is 95.2 cm³/mol. The van der Waals surface area contributed by atoms with Crippen molar-refractivity contribution in [1.29, 1.82) is 5.26 Å². The lowest BCUT2D eigenvalue weighted by atomic mass is 10.2. The van der Waals surface area contributed by atoms with E-state index in [0.29, 0.717) is 11.5 Å². The van der Waals surface area contributed by atoms with E-state index in [1.807, 2.05) is 31.2 Å². The number of rotatable bonds is 4. The average Bonchev–Trinajstić information content (AvgIpc) is 2.98. The summed E-state index contributed by atoms with van der Waals surface area (Å²) in [6.07, 6.45) is 1.53. The average molecular weight is 327 g/mol. The molecular formula is C16H21N7O. The number of nitrogens with two attached hydrogens (primary N) is 1. The molecule has 0 aliphatic carbocycles. The second kappa shape index (κ2) is 6.34. The van der Waals surface area contributed by atoms with E-state index in [9.17, 15) is 4.79 Å². The minimum absolute atomic E-state index is 0. The lowest BCUT2D eigenvalue weighted by Crippen LogP contribution is -2.25. The molecule has 126 valence electrons. The highest BCUT2D eigenvalue weighted by molar-refractivity contribution is 5.93. The summed E-state index contributed by atoms with van der Waals surface area (Å²) in [7, 11) is 0. The van der Waals surface area contributed by atoms with E-state index in [2.05, 4.69) is 25.3 Å². The molecule has 0 radical (unpaired) electrons. The number of aromatic amines is 1. The van der Waals surface area contributed by atoms with Crippen molar-refractivity contribution in [3.05, 3.63) is 35.7 Å². The van der Waals surface area contributed by atoms with Gasteiger partial charge >= 0.3 is 0 Å². The van der Waals surface area contributed by atoms with Crippen molar-refractivity contribution in [2.45, 2.75) is 13.3 Å². The number of imidazole rings is 1. The number of anilines is 1. The number of amides is 1. The molecule has 3 rings (SSSR count). The molecular weight excluding hydrogens is 306 g/mol. The van der Waals surface area contributed by atoms with Gasteiger partial charge in [-0.2, -0.15) is 5.26 Å². The second-order valence-electron chi connectivity index (χ2n) is 5.26. The topological polar surface area (TPSA) is 133 Å². The molecule has 8 heteroatoms. The first-order valence-electron chi connectivity index (χ1n) is 7.33. The number of fused-ring (bicyclic) bond motifs is 1. The zero-order valence-corrected chi connectivity index (χ0v) is 13.0. The van der Waals surface area contributed by atoms with Crippen LogP contribution in [0.5, 0.6) is 0 Å². The van der Waals surface area contributed by atoms with Crippen LogP contribution in [0.25, 0.3) is 22.6 Å². The molecule has 0 fully saturated rings. The van der Waals surface area contributed by atoms with Crippen LogP contribution in [0.1, 0.15) is 26.8 Å². The molecule has 8 nitrogen and oxygen atoms in total. The zero-order valence-electron chi connectivity index (χ0n) is 13.0. The van der Waals surface area contributed by atoms with E-state index >= 15 is 0 Å². The number of nitrogens with one attached hydrogen (secondary N) is 2. The van der Waals surface area contributed by atoms with Gasteiger partial charge in [0.1, 0.15) is 11.4 Å². The van der Waals surface area contributed by atoms with Crippen LogP contribution in [0.3, 0.4) is 0 Å². The van der Waals surface area contributed by atoms with Crippen molar-refractivity contribution in [2.75, 3.05) is 12.3 Å². The summed E-state index contributed by atoms with van der Waals surface area (Å²) in [5, 5.41) is 11.1. The van der Waals surface area contributed by atoms with Crippen LogP contribution in [-0.2, 0) is 0 Å². The second-order valence-corrected chi connectivity index (χ2v) is 5.26. The fraction of sp³-hybridized carbons (Fsp3) is 0.188. The number of aromatic nitrogens is 4. The van der Waals surface area contributed by atoms with Crippen LogP contribution in [0, 0.1) is 18.3 Å². The van der Waals surface area contributed by atoms with Crippen molar-refractivity contribution in [3.63, 3.8) is 0 Å². The normalized spacial score (nSPS) is 10.5. The molecule has 0 spiro atoms. The van der Waals surface area contributed by atoms with E-state index in [4.69, 9.17) is 11.0 Å². The quantitative estimate of drug-likeness (QED) is 0.629. The van der Waals surface area contributed by atoms with Gasteiger partial charge < -0.3 is 16.0 Å². The van der Waals surface area contributed by atoms with E-state index in [-0.39, 0.29) is 28.8 Å². The van der Waals surface area contributed by atoms with Gasteiger partial charge in [0.2, 0.25) is 0 Å². The van der Waals surface area contributed by atoms with Crippen molar-refractivity contribution in [1.82, 2.24) is 25.3 Å². The fourth-order valence-electron chi connectivity index (χ4n) is 2.24. The van der Waals surface area contributed by atoms with Crippen LogP contribution >= 0.6 is 0 Å². The highest BCUT2D eigenvalue weighted by Crippen LogP contribution is 2.23. The zero-order chi connectivity index (χ0) is 17.1. The van der Waals surface area contributed by atoms with Crippen LogP contribution in [0.4, 0.5) is 5.82 Å². The van der Waals surface area contributed by atoms with E-state index in [1.54, 1.807) is 0 Å². The van der Waals surface area contributed by atoms with Gasteiger partial charge in [-0.25, -0.2) is 15.0 Å². The number of nitriles is 1. The van der Waals surface area contributed by atoms with Gasteiger partial charge in [0, 0.05) is 10.8 Å². The number of carbonyl (C=O) groups is 1. The van der Waals surface area contributed by atoms with Crippen LogP contribution in [0.15, 0.2) is 24.4 Å². The SMILES string of the molecule is Cc1ccc2nc(-c3nc(C(=O)NCCC#N)cnc3N)[nH]c2c1.[HH].[HH].[HH]. The molecule has 2 aromatic heterocycles. The fourth-order valence-corrected chi connectivity index (χ4v) is 2.24. The summed E-state index contributed by atoms with van der Waals surface area (Å²) in [4.78, 5) is 27.9. The Labute approximate surface area is 142 Å². The van der Waals surface area contributed by atoms with Crippen molar-refractivity contribution >= 4 is 22.8 Å². The summed E-state index contributed by atoms with van der Waals surface area (Å²) in [6, 6.07) is 7.78. The van der Waals surface area contributed by atoms with E-state index in [0.717, 1.165) is 16.6 Å².